The van der Waals surface area contributed by atoms with Crippen LogP contribution in [0.5, 0.6) is 0 Å². The molecule has 0 aliphatic heterocycles. The van der Waals surface area contributed by atoms with Crippen LogP contribution >= 0.6 is 11.3 Å². The normalized spacial score (nSPS) is 10.5. The Kier molecular flexibility index (Phi) is 3.83. The second-order valence-corrected chi connectivity index (χ2v) is 5.65. The van der Waals surface area contributed by atoms with Crippen molar-refractivity contribution >= 4 is 23.1 Å². The van der Waals surface area contributed by atoms with Crippen LogP contribution in [0.1, 0.15) is 11.1 Å². The molecule has 0 radical (unpaired) electrons. The van der Waals surface area contributed by atoms with E-state index in [1.54, 1.807) is 17.4 Å². The summed E-state index contributed by atoms with van der Waals surface area (Å²) in [6, 6.07) is 13.5. The van der Waals surface area contributed by atoms with E-state index in [9.17, 15) is 4.79 Å². The lowest BCUT2D eigenvalue weighted by atomic mass is 10.1. The van der Waals surface area contributed by atoms with Gasteiger partial charge in [-0.3, -0.25) is 10.1 Å². The fraction of sp³-hybridized carbons (Fsp3) is 0.125. The predicted octanol–water partition coefficient (Wildman–Crippen LogP) is 3.89. The number of benzene rings is 1. The quantitative estimate of drug-likeness (QED) is 0.795. The minimum atomic E-state index is -0.113. The molecule has 1 N–H and O–H groups in total. The minimum Gasteiger partial charge on any atom is -0.338 e. The van der Waals surface area contributed by atoms with Crippen molar-refractivity contribution in [3.05, 3.63) is 59.0 Å². The van der Waals surface area contributed by atoms with Crippen molar-refractivity contribution in [1.82, 2.24) is 5.16 Å². The highest BCUT2D eigenvalue weighted by molar-refractivity contribution is 7.13. The summed E-state index contributed by atoms with van der Waals surface area (Å²) in [6.45, 7) is 1.99. The van der Waals surface area contributed by atoms with Gasteiger partial charge in [0.15, 0.2) is 0 Å². The van der Waals surface area contributed by atoms with Gasteiger partial charge in [0.1, 0.15) is 5.69 Å². The highest BCUT2D eigenvalue weighted by Crippen LogP contribution is 2.25. The second kappa shape index (κ2) is 5.93. The molecular formula is C16H14N2O2S. The molecule has 0 saturated heterocycles. The van der Waals surface area contributed by atoms with Gasteiger partial charge >= 0.3 is 0 Å². The molecule has 0 unspecified atom stereocenters. The number of rotatable bonds is 4. The van der Waals surface area contributed by atoms with Gasteiger partial charge in [0.25, 0.3) is 0 Å². The average Bonchev–Trinajstić information content (AvgIpc) is 3.12. The SMILES string of the molecule is Cc1ccccc1CC(=O)Nc1cc(-c2cccs2)no1. The number of hydrogen-bond acceptors (Lipinski definition) is 4. The Balaban J connectivity index is 1.67. The lowest BCUT2D eigenvalue weighted by Crippen LogP contribution is -2.14. The van der Waals surface area contributed by atoms with Gasteiger partial charge in [-0.2, -0.15) is 0 Å². The van der Waals surface area contributed by atoms with Gasteiger partial charge in [0, 0.05) is 6.07 Å². The second-order valence-electron chi connectivity index (χ2n) is 4.71. The maximum absolute atomic E-state index is 12.0. The first-order chi connectivity index (χ1) is 10.2. The summed E-state index contributed by atoms with van der Waals surface area (Å²) < 4.78 is 5.15. The molecule has 1 amide bonds. The Morgan fingerprint density at radius 1 is 1.29 bits per heavy atom. The standard InChI is InChI=1S/C16H14N2O2S/c1-11-5-2-3-6-12(11)9-15(19)17-16-10-13(18-20-16)14-7-4-8-21-14/h2-8,10H,9H2,1H3,(H,17,19). The van der Waals surface area contributed by atoms with E-state index >= 15 is 0 Å². The van der Waals surface area contributed by atoms with E-state index < -0.39 is 0 Å². The van der Waals surface area contributed by atoms with E-state index in [2.05, 4.69) is 10.5 Å². The number of thiophene rings is 1. The van der Waals surface area contributed by atoms with Crippen LogP contribution in [0.4, 0.5) is 5.88 Å². The molecule has 0 aliphatic carbocycles. The van der Waals surface area contributed by atoms with Crippen LogP contribution in [0, 0.1) is 6.92 Å². The van der Waals surface area contributed by atoms with Crippen LogP contribution in [-0.2, 0) is 11.2 Å². The van der Waals surface area contributed by atoms with Gasteiger partial charge in [-0.25, -0.2) is 0 Å². The fourth-order valence-electron chi connectivity index (χ4n) is 2.04. The van der Waals surface area contributed by atoms with Crippen molar-refractivity contribution in [2.75, 3.05) is 5.32 Å². The van der Waals surface area contributed by atoms with Crippen molar-refractivity contribution < 1.29 is 9.32 Å². The maximum atomic E-state index is 12.0. The number of carbonyl (C=O) groups excluding carboxylic acids is 1. The topological polar surface area (TPSA) is 55.1 Å². The monoisotopic (exact) mass is 298 g/mol. The van der Waals surface area contributed by atoms with Crippen molar-refractivity contribution in [3.8, 4) is 10.6 Å². The van der Waals surface area contributed by atoms with E-state index in [1.165, 1.54) is 0 Å². The molecule has 0 aliphatic rings. The number of anilines is 1. The molecular weight excluding hydrogens is 284 g/mol. The summed E-state index contributed by atoms with van der Waals surface area (Å²) in [5.41, 5.74) is 2.84. The van der Waals surface area contributed by atoms with E-state index in [0.717, 1.165) is 21.7 Å². The summed E-state index contributed by atoms with van der Waals surface area (Å²) in [4.78, 5) is 13.0. The summed E-state index contributed by atoms with van der Waals surface area (Å²) in [6.07, 6.45) is 0.321. The highest BCUT2D eigenvalue weighted by atomic mass is 32.1. The number of aromatic nitrogens is 1. The third kappa shape index (κ3) is 3.20. The number of amides is 1. The molecule has 0 fully saturated rings. The molecule has 3 rings (SSSR count). The van der Waals surface area contributed by atoms with Gasteiger partial charge in [-0.05, 0) is 29.5 Å². The Labute approximate surface area is 126 Å². The predicted molar refractivity (Wildman–Crippen MR) is 83.3 cm³/mol. The Hall–Kier alpha value is -2.40. The lowest BCUT2D eigenvalue weighted by Gasteiger charge is -2.04. The summed E-state index contributed by atoms with van der Waals surface area (Å²) >= 11 is 1.58. The van der Waals surface area contributed by atoms with Gasteiger partial charge < -0.3 is 4.52 Å². The third-order valence-electron chi connectivity index (χ3n) is 3.16. The van der Waals surface area contributed by atoms with E-state index in [0.29, 0.717) is 12.3 Å². The molecule has 2 aromatic heterocycles. The van der Waals surface area contributed by atoms with Gasteiger partial charge in [0.05, 0.1) is 11.3 Å². The van der Waals surface area contributed by atoms with Crippen LogP contribution in [0.25, 0.3) is 10.6 Å². The molecule has 3 aromatic rings. The van der Waals surface area contributed by atoms with Crippen LogP contribution in [0.3, 0.4) is 0 Å². The molecule has 21 heavy (non-hydrogen) atoms. The summed E-state index contributed by atoms with van der Waals surface area (Å²) in [7, 11) is 0. The van der Waals surface area contributed by atoms with Crippen LogP contribution in [0.15, 0.2) is 52.4 Å². The number of nitrogens with zero attached hydrogens (tertiary/aromatic N) is 1. The Morgan fingerprint density at radius 3 is 2.90 bits per heavy atom. The zero-order valence-electron chi connectivity index (χ0n) is 11.5. The Bertz CT molecular complexity index is 747. The Morgan fingerprint density at radius 2 is 2.14 bits per heavy atom. The average molecular weight is 298 g/mol. The smallest absolute Gasteiger partial charge is 0.231 e. The number of aryl methyl sites for hydroxylation is 1. The van der Waals surface area contributed by atoms with Gasteiger partial charge in [0.2, 0.25) is 11.8 Å². The number of nitrogens with one attached hydrogen (secondary N) is 1. The van der Waals surface area contributed by atoms with Gasteiger partial charge in [-0.15, -0.1) is 11.3 Å². The van der Waals surface area contributed by atoms with E-state index in [-0.39, 0.29) is 5.91 Å². The van der Waals surface area contributed by atoms with Gasteiger partial charge in [-0.1, -0.05) is 35.5 Å². The minimum absolute atomic E-state index is 0.113. The fourth-order valence-corrected chi connectivity index (χ4v) is 2.72. The molecule has 5 heteroatoms. The summed E-state index contributed by atoms with van der Waals surface area (Å²) in [5.74, 6) is 0.259. The third-order valence-corrected chi connectivity index (χ3v) is 4.05. The number of carbonyl (C=O) groups is 1. The largest absolute Gasteiger partial charge is 0.338 e. The molecule has 0 saturated carbocycles. The van der Waals surface area contributed by atoms with E-state index in [4.69, 9.17) is 4.52 Å². The van der Waals surface area contributed by atoms with Crippen LogP contribution in [-0.4, -0.2) is 11.1 Å². The molecule has 0 bridgehead atoms. The molecule has 2 heterocycles. The zero-order chi connectivity index (χ0) is 14.7. The summed E-state index contributed by atoms with van der Waals surface area (Å²) in [5, 5.41) is 8.67. The van der Waals surface area contributed by atoms with Crippen molar-refractivity contribution in [2.45, 2.75) is 13.3 Å². The first-order valence-electron chi connectivity index (χ1n) is 6.57. The van der Waals surface area contributed by atoms with Crippen LogP contribution < -0.4 is 5.32 Å². The molecule has 1 aromatic carbocycles. The number of hydrogen-bond donors (Lipinski definition) is 1. The highest BCUT2D eigenvalue weighted by Gasteiger charge is 2.11. The molecule has 106 valence electrons. The van der Waals surface area contributed by atoms with Crippen molar-refractivity contribution in [1.29, 1.82) is 0 Å². The maximum Gasteiger partial charge on any atom is 0.231 e. The van der Waals surface area contributed by atoms with Crippen molar-refractivity contribution in [2.24, 2.45) is 0 Å². The molecule has 0 atom stereocenters. The van der Waals surface area contributed by atoms with E-state index in [1.807, 2.05) is 48.7 Å². The first kappa shape index (κ1) is 13.6. The lowest BCUT2D eigenvalue weighted by molar-refractivity contribution is -0.115. The van der Waals surface area contributed by atoms with Crippen molar-refractivity contribution in [3.63, 3.8) is 0 Å². The van der Waals surface area contributed by atoms with Crippen LogP contribution in [0.2, 0.25) is 0 Å². The molecule has 0 spiro atoms. The zero-order valence-corrected chi connectivity index (χ0v) is 12.3. The first-order valence-corrected chi connectivity index (χ1v) is 7.45. The molecule has 4 nitrogen and oxygen atoms in total.